The van der Waals surface area contributed by atoms with E-state index in [2.05, 4.69) is 42.9 Å². The average molecular weight is 409 g/mol. The summed E-state index contributed by atoms with van der Waals surface area (Å²) in [6.07, 6.45) is 22.6. The Morgan fingerprint density at radius 3 is 2.66 bits per heavy atom. The second kappa shape index (κ2) is 14.8. The molecule has 0 aromatic carbocycles. The zero-order chi connectivity index (χ0) is 21.5. The van der Waals surface area contributed by atoms with Crippen LogP contribution < -0.4 is 0 Å². The lowest BCUT2D eigenvalue weighted by Gasteiger charge is -2.20. The molecule has 29 heavy (non-hydrogen) atoms. The van der Waals surface area contributed by atoms with Crippen molar-refractivity contribution in [1.82, 2.24) is 0 Å². The number of hydrogen-bond donors (Lipinski definition) is 2. The molecule has 0 aromatic rings. The molecule has 1 saturated carbocycles. The average Bonchev–Trinajstić information content (AvgIpc) is 3.12. The fraction of sp³-hybridized carbons (Fsp3) is 0.800. The molecule has 0 amide bonds. The first-order valence-electron chi connectivity index (χ1n) is 11.7. The van der Waals surface area contributed by atoms with E-state index in [0.717, 1.165) is 30.6 Å². The van der Waals surface area contributed by atoms with Crippen LogP contribution in [0.15, 0.2) is 24.3 Å². The van der Waals surface area contributed by atoms with E-state index in [1.165, 1.54) is 58.3 Å². The van der Waals surface area contributed by atoms with Gasteiger partial charge in [0.15, 0.2) is 5.79 Å². The van der Waals surface area contributed by atoms with Gasteiger partial charge in [-0.05, 0) is 62.7 Å². The van der Waals surface area contributed by atoms with Crippen molar-refractivity contribution < 1.29 is 19.7 Å². The summed E-state index contributed by atoms with van der Waals surface area (Å²) in [5.41, 5.74) is 0. The molecule has 0 spiro atoms. The zero-order valence-electron chi connectivity index (χ0n) is 18.9. The highest BCUT2D eigenvalue weighted by molar-refractivity contribution is 5.65. The second-order valence-electron chi connectivity index (χ2n) is 8.97. The van der Waals surface area contributed by atoms with Gasteiger partial charge in [0.2, 0.25) is 0 Å². The van der Waals surface area contributed by atoms with Crippen molar-refractivity contribution in [3.8, 4) is 0 Å². The van der Waals surface area contributed by atoms with E-state index < -0.39 is 11.8 Å². The van der Waals surface area contributed by atoms with Gasteiger partial charge in [-0.25, -0.2) is 0 Å². The van der Waals surface area contributed by atoms with Gasteiger partial charge in [0.1, 0.15) is 6.61 Å². The minimum atomic E-state index is -1.92. The zero-order valence-corrected chi connectivity index (χ0v) is 18.9. The number of rotatable bonds is 15. The number of esters is 1. The number of carbonyl (C=O) groups is 1. The molecule has 1 fully saturated rings. The Balaban J connectivity index is 2.20. The van der Waals surface area contributed by atoms with Crippen molar-refractivity contribution >= 4 is 5.97 Å². The van der Waals surface area contributed by atoms with Crippen LogP contribution in [0.5, 0.6) is 0 Å². The van der Waals surface area contributed by atoms with Crippen LogP contribution in [0.25, 0.3) is 0 Å². The first-order valence-corrected chi connectivity index (χ1v) is 11.7. The van der Waals surface area contributed by atoms with Crippen LogP contribution in [0.2, 0.25) is 0 Å². The van der Waals surface area contributed by atoms with Gasteiger partial charge in [-0.3, -0.25) is 4.79 Å². The van der Waals surface area contributed by atoms with Gasteiger partial charge in [-0.2, -0.15) is 0 Å². The number of allylic oxidation sites excluding steroid dienone is 4. The highest BCUT2D eigenvalue weighted by Gasteiger charge is 2.24. The Morgan fingerprint density at radius 2 is 1.93 bits per heavy atom. The normalized spacial score (nSPS) is 21.3. The minimum Gasteiger partial charge on any atom is -0.460 e. The van der Waals surface area contributed by atoms with Crippen molar-refractivity contribution in [2.45, 2.75) is 104 Å². The van der Waals surface area contributed by atoms with E-state index in [1.807, 2.05) is 0 Å². The second-order valence-corrected chi connectivity index (χ2v) is 8.97. The maximum Gasteiger partial charge on any atom is 0.302 e. The molecule has 1 aliphatic rings. The third-order valence-electron chi connectivity index (χ3n) is 6.04. The van der Waals surface area contributed by atoms with E-state index in [9.17, 15) is 15.0 Å². The molecule has 168 valence electrons. The summed E-state index contributed by atoms with van der Waals surface area (Å²) in [6.45, 7) is 5.54. The molecule has 2 N–H and O–H groups in total. The molecule has 0 aromatic heterocycles. The Bertz CT molecular complexity index is 495. The Kier molecular flexibility index (Phi) is 13.2. The summed E-state index contributed by atoms with van der Waals surface area (Å²) in [4.78, 5) is 10.7. The molecule has 0 radical (unpaired) electrons. The first kappa shape index (κ1) is 25.9. The predicted molar refractivity (Wildman–Crippen MR) is 119 cm³/mol. The Labute approximate surface area is 178 Å². The molecular weight excluding hydrogens is 364 g/mol. The van der Waals surface area contributed by atoms with Crippen molar-refractivity contribution in [2.24, 2.45) is 17.8 Å². The quantitative estimate of drug-likeness (QED) is 0.153. The van der Waals surface area contributed by atoms with Gasteiger partial charge in [-0.1, -0.05) is 63.8 Å². The summed E-state index contributed by atoms with van der Waals surface area (Å²) in [5, 5.41) is 19.5. The Morgan fingerprint density at radius 1 is 1.14 bits per heavy atom. The molecule has 0 bridgehead atoms. The van der Waals surface area contributed by atoms with Crippen LogP contribution >= 0.6 is 0 Å². The largest absolute Gasteiger partial charge is 0.460 e. The Hall–Kier alpha value is -1.13. The molecule has 0 saturated heterocycles. The van der Waals surface area contributed by atoms with E-state index >= 15 is 0 Å². The van der Waals surface area contributed by atoms with Crippen molar-refractivity contribution in [3.05, 3.63) is 24.3 Å². The van der Waals surface area contributed by atoms with E-state index in [4.69, 9.17) is 0 Å². The molecule has 0 heterocycles. The lowest BCUT2D eigenvalue weighted by atomic mass is 9.91. The molecule has 1 rings (SSSR count). The third kappa shape index (κ3) is 12.9. The standard InChI is InChI=1S/C25H44O4/c1-4-5-13-21(2)14-9-10-16-24-18-12-17-23(24)15-8-6-7-11-19-25(27,28)20-29-22(3)26/h6,8,10,16,21,23-24,27-28H,4-5,7,9,11-15,17-20H2,1-3H3/b8-6-,16-10+/t21?,23-,24-/m0/s1. The molecule has 4 heteroatoms. The van der Waals surface area contributed by atoms with Crippen molar-refractivity contribution in [3.63, 3.8) is 0 Å². The smallest absolute Gasteiger partial charge is 0.302 e. The van der Waals surface area contributed by atoms with Crippen LogP contribution in [0.4, 0.5) is 0 Å². The maximum absolute atomic E-state index is 10.7. The molecule has 1 aliphatic carbocycles. The van der Waals surface area contributed by atoms with Gasteiger partial charge < -0.3 is 14.9 Å². The van der Waals surface area contributed by atoms with Gasteiger partial charge in [0.05, 0.1) is 0 Å². The third-order valence-corrected chi connectivity index (χ3v) is 6.04. The maximum atomic E-state index is 10.7. The van der Waals surface area contributed by atoms with Crippen molar-refractivity contribution in [1.29, 1.82) is 0 Å². The van der Waals surface area contributed by atoms with E-state index in [0.29, 0.717) is 6.42 Å². The molecule has 1 unspecified atom stereocenters. The highest BCUT2D eigenvalue weighted by atomic mass is 16.6. The fourth-order valence-electron chi connectivity index (χ4n) is 4.14. The minimum absolute atomic E-state index is 0.204. The molecule has 0 aliphatic heterocycles. The first-order chi connectivity index (χ1) is 13.8. The lowest BCUT2D eigenvalue weighted by Crippen LogP contribution is -2.34. The van der Waals surface area contributed by atoms with Crippen LogP contribution in [-0.2, 0) is 9.53 Å². The topological polar surface area (TPSA) is 66.8 Å². The molecular formula is C25H44O4. The highest BCUT2D eigenvalue weighted by Crippen LogP contribution is 2.35. The predicted octanol–water partition coefficient (Wildman–Crippen LogP) is 5.93. The van der Waals surface area contributed by atoms with Gasteiger partial charge in [-0.15, -0.1) is 0 Å². The summed E-state index contributed by atoms with van der Waals surface area (Å²) in [7, 11) is 0. The number of hydrogen-bond acceptors (Lipinski definition) is 4. The number of carbonyl (C=O) groups excluding carboxylic acids is 1. The van der Waals surface area contributed by atoms with Crippen LogP contribution in [0.3, 0.4) is 0 Å². The molecule has 3 atom stereocenters. The van der Waals surface area contributed by atoms with Crippen LogP contribution in [-0.4, -0.2) is 28.6 Å². The van der Waals surface area contributed by atoms with Gasteiger partial charge in [0.25, 0.3) is 0 Å². The summed E-state index contributed by atoms with van der Waals surface area (Å²) >= 11 is 0. The van der Waals surface area contributed by atoms with Crippen molar-refractivity contribution in [2.75, 3.05) is 6.61 Å². The van der Waals surface area contributed by atoms with Gasteiger partial charge >= 0.3 is 5.97 Å². The summed E-state index contributed by atoms with van der Waals surface area (Å²) in [5.74, 6) is -0.110. The van der Waals surface area contributed by atoms with Gasteiger partial charge in [0, 0.05) is 13.3 Å². The SMILES string of the molecule is CCCCC(C)CC/C=C/[C@H]1CCC[C@@H]1C/C=C\CCCC(O)(O)COC(C)=O. The summed E-state index contributed by atoms with van der Waals surface area (Å²) < 4.78 is 4.67. The molecule has 4 nitrogen and oxygen atoms in total. The lowest BCUT2D eigenvalue weighted by molar-refractivity contribution is -0.204. The van der Waals surface area contributed by atoms with Crippen LogP contribution in [0, 0.1) is 17.8 Å². The van der Waals surface area contributed by atoms with E-state index in [-0.39, 0.29) is 13.0 Å². The monoisotopic (exact) mass is 408 g/mol. The van der Waals surface area contributed by atoms with Crippen LogP contribution in [0.1, 0.15) is 97.8 Å². The fourth-order valence-corrected chi connectivity index (χ4v) is 4.14. The summed E-state index contributed by atoms with van der Waals surface area (Å²) in [6, 6.07) is 0. The number of ether oxygens (including phenoxy) is 1. The number of aliphatic hydroxyl groups is 2. The van der Waals surface area contributed by atoms with E-state index in [1.54, 1.807) is 0 Å². The number of unbranched alkanes of at least 4 members (excludes halogenated alkanes) is 2.